The highest BCUT2D eigenvalue weighted by molar-refractivity contribution is 9.10. The SMILES string of the molecule is [2H]c1nc([2H])c(OC([2H])([2H])C([2H])([2H])OC([2H])([2H])[2H])c([2H])c1Br. The van der Waals surface area contributed by atoms with Crippen LogP contribution in [-0.4, -0.2) is 25.1 Å². The van der Waals surface area contributed by atoms with Crippen molar-refractivity contribution in [3.63, 3.8) is 0 Å². The van der Waals surface area contributed by atoms with Crippen molar-refractivity contribution in [1.29, 1.82) is 0 Å². The molecule has 0 bridgehead atoms. The second kappa shape index (κ2) is 5.11. The molecule has 66 valence electrons. The predicted octanol–water partition coefficient (Wildman–Crippen LogP) is 1.87. The molecule has 0 amide bonds. The number of nitrogens with zero attached hydrogens (tertiary/aromatic N) is 1. The van der Waals surface area contributed by atoms with E-state index in [1.165, 1.54) is 0 Å². The lowest BCUT2D eigenvalue weighted by molar-refractivity contribution is 0.146. The van der Waals surface area contributed by atoms with Gasteiger partial charge in [0.15, 0.2) is 0 Å². The molecule has 0 spiro atoms. The quantitative estimate of drug-likeness (QED) is 0.807. The largest absolute Gasteiger partial charge is 0.490 e. The van der Waals surface area contributed by atoms with Gasteiger partial charge in [-0.05, 0) is 22.0 Å². The van der Waals surface area contributed by atoms with Gasteiger partial charge in [-0.3, -0.25) is 4.98 Å². The van der Waals surface area contributed by atoms with Crippen LogP contribution in [0.1, 0.15) is 13.7 Å². The zero-order valence-electron chi connectivity index (χ0n) is 15.6. The number of ether oxygens (including phenoxy) is 2. The molecule has 0 saturated heterocycles. The average Bonchev–Trinajstić information content (AvgIpc) is 2.29. The molecule has 1 aromatic rings. The maximum atomic E-state index is 7.65. The normalized spacial score (nSPS) is 25.4. The van der Waals surface area contributed by atoms with Gasteiger partial charge in [0.2, 0.25) is 0 Å². The Labute approximate surface area is 93.9 Å². The van der Waals surface area contributed by atoms with E-state index in [1.807, 2.05) is 0 Å². The van der Waals surface area contributed by atoms with Crippen molar-refractivity contribution in [2.24, 2.45) is 0 Å². The molecule has 1 rings (SSSR count). The highest BCUT2D eigenvalue weighted by Gasteiger charge is 1.93. The zero-order chi connectivity index (χ0) is 17.5. The highest BCUT2D eigenvalue weighted by atomic mass is 79.9. The van der Waals surface area contributed by atoms with Gasteiger partial charge in [0, 0.05) is 17.7 Å². The van der Waals surface area contributed by atoms with Crippen LogP contribution in [0.3, 0.4) is 0 Å². The number of methoxy groups -OCH3 is 1. The van der Waals surface area contributed by atoms with Crippen molar-refractivity contribution in [3.05, 3.63) is 22.9 Å². The molecule has 0 aliphatic heterocycles. The number of pyridine rings is 1. The van der Waals surface area contributed by atoms with Crippen LogP contribution in [0.25, 0.3) is 0 Å². The summed E-state index contributed by atoms with van der Waals surface area (Å²) in [5.74, 6) is -0.758. The number of aromatic nitrogens is 1. The van der Waals surface area contributed by atoms with Crippen LogP contribution in [-0.2, 0) is 4.74 Å². The van der Waals surface area contributed by atoms with E-state index in [-0.39, 0.29) is 4.47 Å². The van der Waals surface area contributed by atoms with Crippen LogP contribution in [0, 0.1) is 0 Å². The van der Waals surface area contributed by atoms with Crippen molar-refractivity contribution < 1.29 is 23.2 Å². The smallest absolute Gasteiger partial charge is 0.138 e. The highest BCUT2D eigenvalue weighted by Crippen LogP contribution is 2.15. The molecule has 12 heavy (non-hydrogen) atoms. The summed E-state index contributed by atoms with van der Waals surface area (Å²) in [5.41, 5.74) is 0. The Morgan fingerprint density at radius 3 is 3.50 bits per heavy atom. The summed E-state index contributed by atoms with van der Waals surface area (Å²) in [6.07, 6.45) is -1.23. The van der Waals surface area contributed by atoms with E-state index >= 15 is 0 Å². The van der Waals surface area contributed by atoms with Crippen LogP contribution in [0.15, 0.2) is 22.9 Å². The van der Waals surface area contributed by atoms with E-state index < -0.39 is 44.3 Å². The molecular weight excluding hydrogens is 222 g/mol. The Hall–Kier alpha value is -0.610. The minimum atomic E-state index is -3.40. The van der Waals surface area contributed by atoms with Crippen molar-refractivity contribution in [2.45, 2.75) is 0 Å². The van der Waals surface area contributed by atoms with E-state index in [4.69, 9.17) is 13.7 Å². The van der Waals surface area contributed by atoms with Gasteiger partial charge in [0.25, 0.3) is 0 Å². The van der Waals surface area contributed by atoms with Gasteiger partial charge in [-0.15, -0.1) is 0 Å². The number of hydrogen-bond donors (Lipinski definition) is 0. The third-order valence-corrected chi connectivity index (χ3v) is 1.16. The molecule has 0 atom stereocenters. The summed E-state index contributed by atoms with van der Waals surface area (Å²) in [5, 5.41) is 0. The molecule has 4 heteroatoms. The van der Waals surface area contributed by atoms with E-state index in [0.29, 0.717) is 0 Å². The third-order valence-electron chi connectivity index (χ3n) is 0.781. The first-order chi connectivity index (χ1) is 9.68. The summed E-state index contributed by atoms with van der Waals surface area (Å²) in [6.45, 7) is -6.74. The lowest BCUT2D eigenvalue weighted by Gasteiger charge is -2.04. The molecule has 0 saturated carbocycles. The van der Waals surface area contributed by atoms with Gasteiger partial charge < -0.3 is 9.47 Å². The van der Waals surface area contributed by atoms with Gasteiger partial charge in [-0.2, -0.15) is 0 Å². The fourth-order valence-corrected chi connectivity index (χ4v) is 0.693. The van der Waals surface area contributed by atoms with Crippen molar-refractivity contribution in [2.75, 3.05) is 20.2 Å². The Balaban J connectivity index is 3.20. The Morgan fingerprint density at radius 2 is 2.67 bits per heavy atom. The first-order valence-corrected chi connectivity index (χ1v) is 3.50. The average molecular weight is 242 g/mol. The summed E-state index contributed by atoms with van der Waals surface area (Å²) < 4.78 is 81.2. The Morgan fingerprint density at radius 1 is 1.75 bits per heavy atom. The first kappa shape index (κ1) is 2.69. The second-order valence-corrected chi connectivity index (χ2v) is 2.30. The Kier molecular flexibility index (Phi) is 1.14. The molecule has 1 aromatic heterocycles. The van der Waals surface area contributed by atoms with Gasteiger partial charge >= 0.3 is 0 Å². The molecule has 0 fully saturated rings. The first-order valence-electron chi connectivity index (χ1n) is 7.70. The number of rotatable bonds is 4. The molecule has 3 nitrogen and oxygen atoms in total. The van der Waals surface area contributed by atoms with Crippen LogP contribution < -0.4 is 4.74 Å². The monoisotopic (exact) mass is 241 g/mol. The number of hydrogen-bond acceptors (Lipinski definition) is 3. The van der Waals surface area contributed by atoms with Gasteiger partial charge in [-0.1, -0.05) is 0 Å². The summed E-state index contributed by atoms with van der Waals surface area (Å²) >= 11 is 2.83. The molecule has 0 aromatic carbocycles. The molecule has 0 unspecified atom stereocenters. The molecule has 0 N–H and O–H groups in total. The minimum absolute atomic E-state index is 0.188. The van der Waals surface area contributed by atoms with Gasteiger partial charge in [0.05, 0.1) is 26.4 Å². The lowest BCUT2D eigenvalue weighted by atomic mass is 10.5. The van der Waals surface area contributed by atoms with Gasteiger partial charge in [0.1, 0.15) is 12.3 Å². The van der Waals surface area contributed by atoms with Crippen LogP contribution >= 0.6 is 15.9 Å². The van der Waals surface area contributed by atoms with Crippen molar-refractivity contribution >= 4 is 15.9 Å². The summed E-state index contributed by atoms with van der Waals surface area (Å²) in [4.78, 5) is 3.38. The maximum absolute atomic E-state index is 7.65. The zero-order valence-corrected chi connectivity index (χ0v) is 7.23. The standard InChI is InChI=1S/C8H10BrNO2/c1-11-2-3-12-8-4-7(9)5-10-6-8/h4-6H,2-3H2,1H3/i1D3,2D2,3D2,4D,5D,6D. The molecule has 1 heterocycles. The van der Waals surface area contributed by atoms with Crippen molar-refractivity contribution in [3.8, 4) is 5.75 Å². The molecular formula is C8H10BrNO2. The summed E-state index contributed by atoms with van der Waals surface area (Å²) in [6, 6.07) is -0.599. The van der Waals surface area contributed by atoms with Crippen LogP contribution in [0.4, 0.5) is 0 Å². The van der Waals surface area contributed by atoms with Crippen LogP contribution in [0.2, 0.25) is 0 Å². The predicted molar refractivity (Wildman–Crippen MR) is 49.3 cm³/mol. The van der Waals surface area contributed by atoms with E-state index in [1.54, 1.807) is 0 Å². The minimum Gasteiger partial charge on any atom is -0.490 e. The topological polar surface area (TPSA) is 31.4 Å². The number of halogens is 1. The second-order valence-electron chi connectivity index (χ2n) is 1.51. The molecule has 0 radical (unpaired) electrons. The third kappa shape index (κ3) is 3.19. The molecule has 0 aliphatic rings. The van der Waals surface area contributed by atoms with Crippen molar-refractivity contribution in [1.82, 2.24) is 4.98 Å². The van der Waals surface area contributed by atoms with E-state index in [9.17, 15) is 0 Å². The molecule has 0 aliphatic carbocycles. The van der Waals surface area contributed by atoms with Gasteiger partial charge in [-0.25, -0.2) is 0 Å². The fourth-order valence-electron chi connectivity index (χ4n) is 0.424. The van der Waals surface area contributed by atoms with Crippen LogP contribution in [0.5, 0.6) is 5.75 Å². The van der Waals surface area contributed by atoms with E-state index in [0.717, 1.165) is 0 Å². The summed E-state index contributed by atoms with van der Waals surface area (Å²) in [7, 11) is -3.22. The maximum Gasteiger partial charge on any atom is 0.138 e. The lowest BCUT2D eigenvalue weighted by Crippen LogP contribution is -2.04. The Bertz CT molecular complexity index is 575. The fraction of sp³-hybridized carbons (Fsp3) is 0.375. The van der Waals surface area contributed by atoms with E-state index in [2.05, 4.69) is 30.4 Å².